The van der Waals surface area contributed by atoms with Gasteiger partial charge in [0, 0.05) is 23.1 Å². The summed E-state index contributed by atoms with van der Waals surface area (Å²) in [5.74, 6) is 0.605. The van der Waals surface area contributed by atoms with Crippen molar-refractivity contribution in [3.05, 3.63) is 0 Å². The minimum absolute atomic E-state index is 0.111. The lowest BCUT2D eigenvalue weighted by atomic mass is 9.89. The first-order chi connectivity index (χ1) is 6.97. The quantitative estimate of drug-likeness (QED) is 0.732. The normalized spacial score (nSPS) is 29.5. The van der Waals surface area contributed by atoms with Crippen LogP contribution in [0.5, 0.6) is 0 Å². The van der Waals surface area contributed by atoms with Crippen molar-refractivity contribution in [3.8, 4) is 0 Å². The third-order valence-electron chi connectivity index (χ3n) is 3.30. The van der Waals surface area contributed by atoms with E-state index < -0.39 is 19.9 Å². The maximum atomic E-state index is 12.0. The molecule has 0 N–H and O–H groups in total. The van der Waals surface area contributed by atoms with Crippen LogP contribution in [0, 0.1) is 5.92 Å². The van der Waals surface area contributed by atoms with E-state index in [1.165, 1.54) is 6.26 Å². The highest BCUT2D eigenvalue weighted by Crippen LogP contribution is 2.45. The van der Waals surface area contributed by atoms with E-state index in [4.69, 9.17) is 0 Å². The van der Waals surface area contributed by atoms with E-state index in [1.54, 1.807) is 0 Å². The second-order valence-electron chi connectivity index (χ2n) is 5.65. The summed E-state index contributed by atoms with van der Waals surface area (Å²) in [5, 5.41) is 13.2. The molecule has 4 nitrogen and oxygen atoms in total. The van der Waals surface area contributed by atoms with Crippen molar-refractivity contribution in [2.24, 2.45) is 5.92 Å². The molecule has 0 aromatic heterocycles. The summed E-state index contributed by atoms with van der Waals surface area (Å²) < 4.78 is 22.2. The lowest BCUT2D eigenvalue weighted by Crippen LogP contribution is -2.46. The van der Waals surface area contributed by atoms with Crippen molar-refractivity contribution in [3.63, 3.8) is 0 Å². The van der Waals surface area contributed by atoms with E-state index in [1.807, 2.05) is 27.7 Å². The third-order valence-corrected chi connectivity index (χ3v) is 5.96. The third kappa shape index (κ3) is 2.91. The molecule has 0 unspecified atom stereocenters. The van der Waals surface area contributed by atoms with E-state index in [-0.39, 0.29) is 5.92 Å². The molecule has 16 heavy (non-hydrogen) atoms. The highest BCUT2D eigenvalue weighted by atomic mass is 33.1. The zero-order valence-electron chi connectivity index (χ0n) is 10.5. The first kappa shape index (κ1) is 14.3. The first-order valence-corrected chi connectivity index (χ1v) is 8.68. The van der Waals surface area contributed by atoms with Crippen LogP contribution in [0.3, 0.4) is 0 Å². The summed E-state index contributed by atoms with van der Waals surface area (Å²) in [6.45, 7) is 7.60. The van der Waals surface area contributed by atoms with Gasteiger partial charge < -0.3 is 0 Å². The average Bonchev–Trinajstić information content (AvgIpc) is 2.22. The van der Waals surface area contributed by atoms with E-state index >= 15 is 0 Å². The van der Waals surface area contributed by atoms with Gasteiger partial charge in [0.15, 0.2) is 8.87 Å². The van der Waals surface area contributed by atoms with Gasteiger partial charge in [-0.1, -0.05) is 0 Å². The van der Waals surface area contributed by atoms with Gasteiger partial charge in [0.25, 0.3) is 0 Å². The van der Waals surface area contributed by atoms with Crippen LogP contribution < -0.4 is 0 Å². The van der Waals surface area contributed by atoms with Crippen molar-refractivity contribution < 1.29 is 13.6 Å². The number of hydrogen-bond donors (Lipinski definition) is 0. The molecule has 95 valence electrons. The van der Waals surface area contributed by atoms with Gasteiger partial charge in [-0.2, -0.15) is 0 Å². The monoisotopic (exact) mass is 266 g/mol. The molecule has 0 aliphatic carbocycles. The molecule has 1 rings (SSSR count). The maximum Gasteiger partial charge on any atom is 0.198 e. The Hall–Kier alpha value is 0.220. The van der Waals surface area contributed by atoms with Crippen LogP contribution in [0.2, 0.25) is 0 Å². The predicted molar refractivity (Wildman–Crippen MR) is 66.1 cm³/mol. The molecule has 1 saturated heterocycles. The Balaban J connectivity index is 2.77. The summed E-state index contributed by atoms with van der Waals surface area (Å²) in [7, 11) is -2.08. The highest BCUT2D eigenvalue weighted by molar-refractivity contribution is 8.71. The molecule has 6 heteroatoms. The van der Waals surface area contributed by atoms with E-state index in [0.717, 1.165) is 22.3 Å². The van der Waals surface area contributed by atoms with Gasteiger partial charge in [-0.05, 0) is 50.8 Å². The average molecular weight is 266 g/mol. The van der Waals surface area contributed by atoms with Gasteiger partial charge in [-0.25, -0.2) is 8.42 Å². The van der Waals surface area contributed by atoms with Crippen LogP contribution in [0.25, 0.3) is 0 Å². The Morgan fingerprint density at radius 3 is 2.12 bits per heavy atom. The largest absolute Gasteiger partial charge is 0.218 e. The Morgan fingerprint density at radius 2 is 1.81 bits per heavy atom. The summed E-state index contributed by atoms with van der Waals surface area (Å²) in [6.07, 6.45) is 1.95. The van der Waals surface area contributed by atoms with Crippen molar-refractivity contribution in [2.75, 3.05) is 12.0 Å². The molecule has 1 fully saturated rings. The van der Waals surface area contributed by atoms with Gasteiger partial charge >= 0.3 is 0 Å². The van der Waals surface area contributed by atoms with Crippen molar-refractivity contribution in [1.82, 2.24) is 5.06 Å². The fraction of sp³-hybridized carbons (Fsp3) is 1.00. The number of hydroxylamine groups is 2. The Bertz CT molecular complexity index is 362. The number of rotatable bonds is 3. The molecule has 0 saturated carbocycles. The second-order valence-corrected chi connectivity index (χ2v) is 10.2. The Labute approximate surface area is 102 Å². The van der Waals surface area contributed by atoms with Gasteiger partial charge in [0.2, 0.25) is 0 Å². The zero-order chi connectivity index (χ0) is 12.8. The molecule has 0 aromatic carbocycles. The predicted octanol–water partition coefficient (Wildman–Crippen LogP) is 1.90. The van der Waals surface area contributed by atoms with Crippen LogP contribution in [0.4, 0.5) is 0 Å². The van der Waals surface area contributed by atoms with Gasteiger partial charge in [0.1, 0.15) is 0 Å². The lowest BCUT2D eigenvalue weighted by Gasteiger charge is -2.33. The fourth-order valence-electron chi connectivity index (χ4n) is 2.35. The maximum absolute atomic E-state index is 12.0. The van der Waals surface area contributed by atoms with Crippen molar-refractivity contribution in [1.29, 1.82) is 0 Å². The standard InChI is InChI=1S/C10H20NO3S2/c1-9(2)6-8(7-15-16(5,13)14)10(3,4)11(9)12/h8H,6-7H2,1-5H3/t8-/m1/s1. The van der Waals surface area contributed by atoms with Crippen LogP contribution in [0.15, 0.2) is 0 Å². The van der Waals surface area contributed by atoms with Gasteiger partial charge in [0.05, 0.1) is 0 Å². The summed E-state index contributed by atoms with van der Waals surface area (Å²) in [5.41, 5.74) is -0.882. The molecule has 1 atom stereocenters. The zero-order valence-corrected chi connectivity index (χ0v) is 12.1. The second kappa shape index (κ2) is 4.15. The summed E-state index contributed by atoms with van der Waals surface area (Å²) in [4.78, 5) is 0. The molecule has 0 spiro atoms. The van der Waals surface area contributed by atoms with Crippen LogP contribution >= 0.6 is 10.8 Å². The molecule has 0 aromatic rings. The van der Waals surface area contributed by atoms with E-state index in [2.05, 4.69) is 0 Å². The van der Waals surface area contributed by atoms with Crippen LogP contribution in [0.1, 0.15) is 34.1 Å². The summed E-state index contributed by atoms with van der Waals surface area (Å²) in [6, 6.07) is 0. The Kier molecular flexibility index (Phi) is 3.71. The van der Waals surface area contributed by atoms with E-state index in [0.29, 0.717) is 5.75 Å². The van der Waals surface area contributed by atoms with E-state index in [9.17, 15) is 13.6 Å². The topological polar surface area (TPSA) is 57.3 Å². The molecule has 1 aliphatic rings. The number of hydrogen-bond acceptors (Lipinski definition) is 4. The summed E-state index contributed by atoms with van der Waals surface area (Å²) >= 11 is 0. The molecular weight excluding hydrogens is 246 g/mol. The lowest BCUT2D eigenvalue weighted by molar-refractivity contribution is -0.247. The van der Waals surface area contributed by atoms with Gasteiger partial charge in [-0.15, -0.1) is 10.3 Å². The smallest absolute Gasteiger partial charge is 0.198 e. The molecule has 0 amide bonds. The molecule has 1 heterocycles. The minimum Gasteiger partial charge on any atom is -0.218 e. The Morgan fingerprint density at radius 1 is 1.31 bits per heavy atom. The highest BCUT2D eigenvalue weighted by Gasteiger charge is 2.52. The van der Waals surface area contributed by atoms with Crippen LogP contribution in [-0.2, 0) is 14.1 Å². The molecule has 1 aliphatic heterocycles. The molecular formula is C10H20NO3S2. The van der Waals surface area contributed by atoms with Gasteiger partial charge in [-0.3, -0.25) is 0 Å². The van der Waals surface area contributed by atoms with Crippen LogP contribution in [-0.4, -0.2) is 36.6 Å². The SMILES string of the molecule is CC1(C)C[C@H](CSS(C)(=O)=O)C(C)(C)N1[O]. The number of nitrogens with zero attached hydrogens (tertiary/aromatic N) is 1. The fourth-order valence-corrected chi connectivity index (χ4v) is 4.52. The first-order valence-electron chi connectivity index (χ1n) is 5.29. The minimum atomic E-state index is -3.02. The van der Waals surface area contributed by atoms with Crippen molar-refractivity contribution >= 4 is 19.7 Å². The van der Waals surface area contributed by atoms with Crippen molar-refractivity contribution in [2.45, 2.75) is 45.2 Å². The molecule has 1 radical (unpaired) electrons. The molecule has 0 bridgehead atoms.